The van der Waals surface area contributed by atoms with Gasteiger partial charge in [0.05, 0.1) is 0 Å². The molecule has 4 nitrogen and oxygen atoms in total. The number of hydrogen-bond donors (Lipinski definition) is 1. The van der Waals surface area contributed by atoms with Crippen LogP contribution >= 0.6 is 11.5 Å². The number of anilines is 1. The van der Waals surface area contributed by atoms with Crippen LogP contribution in [0.2, 0.25) is 0 Å². The van der Waals surface area contributed by atoms with Gasteiger partial charge < -0.3 is 10.2 Å². The summed E-state index contributed by atoms with van der Waals surface area (Å²) in [5.74, 6) is 2.98. The van der Waals surface area contributed by atoms with Crippen LogP contribution in [0.3, 0.4) is 0 Å². The van der Waals surface area contributed by atoms with E-state index in [0.717, 1.165) is 48.0 Å². The van der Waals surface area contributed by atoms with Gasteiger partial charge >= 0.3 is 0 Å². The third-order valence-electron chi connectivity index (χ3n) is 4.94. The molecule has 2 aliphatic rings. The Hall–Kier alpha value is -0.680. The van der Waals surface area contributed by atoms with Gasteiger partial charge in [0.1, 0.15) is 10.7 Å². The first kappa shape index (κ1) is 14.3. The van der Waals surface area contributed by atoms with Gasteiger partial charge in [-0.15, -0.1) is 5.10 Å². The van der Waals surface area contributed by atoms with Crippen molar-refractivity contribution >= 4 is 16.5 Å². The highest BCUT2D eigenvalue weighted by molar-refractivity contribution is 7.10. The maximum atomic E-state index is 4.30. The molecule has 0 spiro atoms. The Morgan fingerprint density at radius 3 is 2.95 bits per heavy atom. The lowest BCUT2D eigenvalue weighted by Gasteiger charge is -2.26. The Balaban J connectivity index is 1.51. The van der Waals surface area contributed by atoms with E-state index < -0.39 is 0 Å². The second-order valence-electron chi connectivity index (χ2n) is 6.61. The van der Waals surface area contributed by atoms with E-state index in [9.17, 15) is 0 Å². The van der Waals surface area contributed by atoms with E-state index in [1.807, 2.05) is 0 Å². The summed E-state index contributed by atoms with van der Waals surface area (Å²) in [7, 11) is 2.23. The van der Waals surface area contributed by atoms with Crippen molar-refractivity contribution in [1.82, 2.24) is 14.5 Å². The second-order valence-corrected chi connectivity index (χ2v) is 7.36. The van der Waals surface area contributed by atoms with Crippen LogP contribution < -0.4 is 5.32 Å². The third kappa shape index (κ3) is 3.14. The van der Waals surface area contributed by atoms with E-state index in [4.69, 9.17) is 0 Å². The number of nitrogens with one attached hydrogen (secondary N) is 1. The van der Waals surface area contributed by atoms with Crippen LogP contribution in [0.25, 0.3) is 0 Å². The summed E-state index contributed by atoms with van der Waals surface area (Å²) in [5.41, 5.74) is 1.12. The summed E-state index contributed by atoms with van der Waals surface area (Å²) in [6.45, 7) is 5.34. The van der Waals surface area contributed by atoms with Gasteiger partial charge in [-0.05, 0) is 50.5 Å². The van der Waals surface area contributed by atoms with Crippen LogP contribution in [-0.2, 0) is 6.54 Å². The first-order chi connectivity index (χ1) is 9.76. The molecule has 0 saturated heterocycles. The number of hydrogen-bond acceptors (Lipinski definition) is 5. The normalized spacial score (nSPS) is 28.4. The molecule has 3 rings (SSSR count). The van der Waals surface area contributed by atoms with Gasteiger partial charge in [0, 0.05) is 31.2 Å². The molecule has 20 heavy (non-hydrogen) atoms. The molecule has 1 heterocycles. The first-order valence-corrected chi connectivity index (χ1v) is 8.77. The number of rotatable bonds is 7. The molecule has 2 aliphatic carbocycles. The summed E-state index contributed by atoms with van der Waals surface area (Å²) in [6.07, 6.45) is 7.07. The van der Waals surface area contributed by atoms with Crippen molar-refractivity contribution in [3.8, 4) is 0 Å². The standard InChI is InChI=1S/C15H26N4S/c1-3-6-16-15-14(17-18-20-15)10-19(2)9-13-8-11-4-5-12(13)7-11/h11-13,16H,3-10H2,1-2H3. The predicted molar refractivity (Wildman–Crippen MR) is 84.0 cm³/mol. The smallest absolute Gasteiger partial charge is 0.134 e. The Kier molecular flexibility index (Phi) is 4.56. The highest BCUT2D eigenvalue weighted by Crippen LogP contribution is 2.48. The van der Waals surface area contributed by atoms with Gasteiger partial charge in [-0.2, -0.15) is 0 Å². The van der Waals surface area contributed by atoms with Gasteiger partial charge in [0.25, 0.3) is 0 Å². The lowest BCUT2D eigenvalue weighted by atomic mass is 9.88. The second kappa shape index (κ2) is 6.39. The van der Waals surface area contributed by atoms with E-state index in [0.29, 0.717) is 0 Å². The molecule has 3 unspecified atom stereocenters. The number of nitrogens with zero attached hydrogens (tertiary/aromatic N) is 3. The summed E-state index contributed by atoms with van der Waals surface area (Å²) >= 11 is 1.49. The zero-order chi connectivity index (χ0) is 13.9. The van der Waals surface area contributed by atoms with Crippen LogP contribution in [0, 0.1) is 17.8 Å². The Morgan fingerprint density at radius 2 is 2.25 bits per heavy atom. The lowest BCUT2D eigenvalue weighted by Crippen LogP contribution is -2.28. The SMILES string of the molecule is CCCNc1snnc1CN(C)CC1CC2CCC1C2. The molecule has 0 radical (unpaired) electrons. The summed E-state index contributed by atoms with van der Waals surface area (Å²) < 4.78 is 4.10. The molecular weight excluding hydrogens is 268 g/mol. The average molecular weight is 294 g/mol. The minimum atomic E-state index is 0.927. The van der Waals surface area contributed by atoms with Gasteiger partial charge in [-0.25, -0.2) is 0 Å². The predicted octanol–water partition coefficient (Wildman–Crippen LogP) is 3.23. The Labute approximate surface area is 126 Å². The van der Waals surface area contributed by atoms with Gasteiger partial charge in [-0.1, -0.05) is 17.8 Å². The number of fused-ring (bicyclic) bond motifs is 2. The van der Waals surface area contributed by atoms with Crippen molar-refractivity contribution in [2.75, 3.05) is 25.5 Å². The fourth-order valence-corrected chi connectivity index (χ4v) is 4.60. The fourth-order valence-electron chi connectivity index (χ4n) is 4.01. The maximum Gasteiger partial charge on any atom is 0.134 e. The topological polar surface area (TPSA) is 41.1 Å². The molecule has 1 aromatic rings. The molecule has 1 aromatic heterocycles. The van der Waals surface area contributed by atoms with Crippen LogP contribution in [-0.4, -0.2) is 34.6 Å². The number of aromatic nitrogens is 2. The monoisotopic (exact) mass is 294 g/mol. The Morgan fingerprint density at radius 1 is 1.35 bits per heavy atom. The van der Waals surface area contributed by atoms with Crippen LogP contribution in [0.4, 0.5) is 5.00 Å². The Bertz CT molecular complexity index is 433. The van der Waals surface area contributed by atoms with E-state index in [2.05, 4.69) is 33.8 Å². The maximum absolute atomic E-state index is 4.30. The zero-order valence-electron chi connectivity index (χ0n) is 12.6. The van der Waals surface area contributed by atoms with Crippen molar-refractivity contribution in [2.45, 2.75) is 45.6 Å². The molecule has 2 bridgehead atoms. The first-order valence-electron chi connectivity index (χ1n) is 8.00. The molecule has 5 heteroatoms. The highest BCUT2D eigenvalue weighted by Gasteiger charge is 2.39. The largest absolute Gasteiger partial charge is 0.374 e. The molecule has 0 aliphatic heterocycles. The minimum absolute atomic E-state index is 0.927. The van der Waals surface area contributed by atoms with Crippen molar-refractivity contribution in [2.24, 2.45) is 17.8 Å². The van der Waals surface area contributed by atoms with Crippen molar-refractivity contribution < 1.29 is 0 Å². The van der Waals surface area contributed by atoms with E-state index >= 15 is 0 Å². The van der Waals surface area contributed by atoms with E-state index in [-0.39, 0.29) is 0 Å². The molecule has 2 fully saturated rings. The molecule has 1 N–H and O–H groups in total. The van der Waals surface area contributed by atoms with Crippen molar-refractivity contribution in [3.63, 3.8) is 0 Å². The van der Waals surface area contributed by atoms with Crippen molar-refractivity contribution in [1.29, 1.82) is 0 Å². The third-order valence-corrected chi connectivity index (χ3v) is 5.67. The fraction of sp³-hybridized carbons (Fsp3) is 0.867. The van der Waals surface area contributed by atoms with Crippen LogP contribution in [0.5, 0.6) is 0 Å². The van der Waals surface area contributed by atoms with Crippen molar-refractivity contribution in [3.05, 3.63) is 5.69 Å². The van der Waals surface area contributed by atoms with Gasteiger partial charge in [-0.3, -0.25) is 0 Å². The molecule has 0 amide bonds. The molecule has 2 saturated carbocycles. The highest BCUT2D eigenvalue weighted by atomic mass is 32.1. The summed E-state index contributed by atoms with van der Waals surface area (Å²) in [4.78, 5) is 2.44. The van der Waals surface area contributed by atoms with E-state index in [1.165, 1.54) is 43.8 Å². The summed E-state index contributed by atoms with van der Waals surface area (Å²) in [6, 6.07) is 0. The van der Waals surface area contributed by atoms with E-state index in [1.54, 1.807) is 0 Å². The molecule has 3 atom stereocenters. The summed E-state index contributed by atoms with van der Waals surface area (Å²) in [5, 5.41) is 8.89. The quantitative estimate of drug-likeness (QED) is 0.838. The minimum Gasteiger partial charge on any atom is -0.374 e. The average Bonchev–Trinajstić information content (AvgIpc) is 3.13. The molecule has 0 aromatic carbocycles. The molecular formula is C15H26N4S. The lowest BCUT2D eigenvalue weighted by molar-refractivity contribution is 0.213. The van der Waals surface area contributed by atoms with Gasteiger partial charge in [0.2, 0.25) is 0 Å². The molecule has 112 valence electrons. The van der Waals surface area contributed by atoms with Gasteiger partial charge in [0.15, 0.2) is 0 Å². The zero-order valence-corrected chi connectivity index (χ0v) is 13.5. The van der Waals surface area contributed by atoms with Crippen LogP contribution in [0.15, 0.2) is 0 Å². The van der Waals surface area contributed by atoms with Crippen LogP contribution in [0.1, 0.15) is 44.7 Å².